The van der Waals surface area contributed by atoms with Gasteiger partial charge in [-0.3, -0.25) is 4.79 Å². The van der Waals surface area contributed by atoms with Crippen molar-refractivity contribution in [2.75, 3.05) is 19.4 Å². The fourth-order valence-corrected chi connectivity index (χ4v) is 2.50. The molecule has 0 radical (unpaired) electrons. The molecular weight excluding hydrogens is 280 g/mol. The second-order valence-electron chi connectivity index (χ2n) is 4.32. The highest BCUT2D eigenvalue weighted by Crippen LogP contribution is 2.23. The molecule has 0 atom stereocenters. The number of rotatable bonds is 4. The Kier molecular flexibility index (Phi) is 4.45. The topological polar surface area (TPSA) is 32.3 Å². The number of thiophene rings is 1. The summed E-state index contributed by atoms with van der Waals surface area (Å²) in [7, 11) is 3.47. The van der Waals surface area contributed by atoms with Crippen molar-refractivity contribution < 1.29 is 4.79 Å². The molecule has 1 amide bonds. The first-order valence-electron chi connectivity index (χ1n) is 5.85. The maximum absolute atomic E-state index is 12.1. The fraction of sp³-hybridized carbons (Fsp3) is 0.214. The molecule has 19 heavy (non-hydrogen) atoms. The Morgan fingerprint density at radius 1 is 1.37 bits per heavy atom. The van der Waals surface area contributed by atoms with E-state index in [2.05, 4.69) is 11.4 Å². The van der Waals surface area contributed by atoms with E-state index in [0.29, 0.717) is 17.1 Å². The smallest absolute Gasteiger partial charge is 0.255 e. The second kappa shape index (κ2) is 6.08. The highest BCUT2D eigenvalue weighted by Gasteiger charge is 2.13. The van der Waals surface area contributed by atoms with E-state index in [4.69, 9.17) is 11.6 Å². The van der Waals surface area contributed by atoms with Crippen molar-refractivity contribution in [2.24, 2.45) is 0 Å². The van der Waals surface area contributed by atoms with Crippen molar-refractivity contribution in [1.82, 2.24) is 4.90 Å². The Morgan fingerprint density at radius 2 is 2.16 bits per heavy atom. The van der Waals surface area contributed by atoms with E-state index in [1.165, 1.54) is 4.88 Å². The lowest BCUT2D eigenvalue weighted by molar-refractivity contribution is 0.0828. The molecule has 2 rings (SSSR count). The zero-order chi connectivity index (χ0) is 13.8. The predicted molar refractivity (Wildman–Crippen MR) is 81.1 cm³/mol. The summed E-state index contributed by atoms with van der Waals surface area (Å²) in [4.78, 5) is 14.8. The number of benzene rings is 1. The highest BCUT2D eigenvalue weighted by molar-refractivity contribution is 7.09. The van der Waals surface area contributed by atoms with Crippen LogP contribution in [-0.4, -0.2) is 24.9 Å². The number of hydrogen-bond donors (Lipinski definition) is 1. The molecular formula is C14H15ClN2OS. The average molecular weight is 295 g/mol. The van der Waals surface area contributed by atoms with Crippen molar-refractivity contribution in [3.05, 3.63) is 51.2 Å². The first kappa shape index (κ1) is 13.9. The number of carbonyl (C=O) groups is 1. The molecule has 3 nitrogen and oxygen atoms in total. The summed E-state index contributed by atoms with van der Waals surface area (Å²) < 4.78 is 0. The number of anilines is 1. The van der Waals surface area contributed by atoms with Gasteiger partial charge in [-0.15, -0.1) is 11.3 Å². The monoisotopic (exact) mass is 294 g/mol. The van der Waals surface area contributed by atoms with Crippen LogP contribution in [0.15, 0.2) is 35.7 Å². The number of nitrogens with zero attached hydrogens (tertiary/aromatic N) is 1. The Bertz CT molecular complexity index is 567. The first-order valence-corrected chi connectivity index (χ1v) is 7.11. The van der Waals surface area contributed by atoms with Gasteiger partial charge in [-0.2, -0.15) is 0 Å². The lowest BCUT2D eigenvalue weighted by atomic mass is 10.1. The Labute approximate surface area is 121 Å². The molecule has 1 N–H and O–H groups in total. The summed E-state index contributed by atoms with van der Waals surface area (Å²) in [5, 5.41) is 5.91. The molecule has 0 bridgehead atoms. The number of carbonyl (C=O) groups excluding carboxylic acids is 1. The van der Waals surface area contributed by atoms with Crippen LogP contribution in [0.3, 0.4) is 0 Å². The molecule has 100 valence electrons. The minimum atomic E-state index is -0.0367. The molecule has 0 aliphatic heterocycles. The summed E-state index contributed by atoms with van der Waals surface area (Å²) in [6.07, 6.45) is 0. The van der Waals surface area contributed by atoms with Crippen LogP contribution in [0, 0.1) is 0 Å². The maximum atomic E-state index is 12.1. The van der Waals surface area contributed by atoms with Gasteiger partial charge in [0.15, 0.2) is 0 Å². The molecule has 0 saturated heterocycles. The summed E-state index contributed by atoms with van der Waals surface area (Å²) in [5.41, 5.74) is 1.39. The van der Waals surface area contributed by atoms with Gasteiger partial charge >= 0.3 is 0 Å². The van der Waals surface area contributed by atoms with E-state index in [1.54, 1.807) is 48.5 Å². The minimum Gasteiger partial charge on any atom is -0.379 e. The van der Waals surface area contributed by atoms with Crippen LogP contribution in [0.1, 0.15) is 15.2 Å². The first-order chi connectivity index (χ1) is 9.08. The number of nitrogens with one attached hydrogen (secondary N) is 1. The van der Waals surface area contributed by atoms with E-state index in [0.717, 1.165) is 5.69 Å². The third kappa shape index (κ3) is 3.49. The van der Waals surface area contributed by atoms with Crippen LogP contribution in [0.5, 0.6) is 0 Å². The van der Waals surface area contributed by atoms with E-state index in [-0.39, 0.29) is 5.91 Å². The Hall–Kier alpha value is -1.52. The minimum absolute atomic E-state index is 0.0367. The van der Waals surface area contributed by atoms with Crippen LogP contribution in [-0.2, 0) is 6.54 Å². The predicted octanol–water partition coefficient (Wildman–Crippen LogP) is 3.72. The van der Waals surface area contributed by atoms with Gasteiger partial charge in [0.25, 0.3) is 5.91 Å². The summed E-state index contributed by atoms with van der Waals surface area (Å²) in [5.74, 6) is -0.0367. The third-order valence-electron chi connectivity index (χ3n) is 2.65. The molecule has 5 heteroatoms. The maximum Gasteiger partial charge on any atom is 0.255 e. The van der Waals surface area contributed by atoms with Crippen molar-refractivity contribution in [1.29, 1.82) is 0 Å². The van der Waals surface area contributed by atoms with Crippen molar-refractivity contribution in [3.63, 3.8) is 0 Å². The molecule has 0 unspecified atom stereocenters. The molecule has 1 aromatic carbocycles. The second-order valence-corrected chi connectivity index (χ2v) is 5.79. The zero-order valence-electron chi connectivity index (χ0n) is 10.8. The summed E-state index contributed by atoms with van der Waals surface area (Å²) in [6.45, 7) is 0.686. The van der Waals surface area contributed by atoms with Crippen LogP contribution < -0.4 is 5.32 Å². The third-order valence-corrected chi connectivity index (χ3v) is 3.76. The number of halogens is 1. The quantitative estimate of drug-likeness (QED) is 0.932. The van der Waals surface area contributed by atoms with Gasteiger partial charge in [-0.1, -0.05) is 17.7 Å². The van der Waals surface area contributed by atoms with Crippen LogP contribution in [0.4, 0.5) is 5.69 Å². The lowest BCUT2D eigenvalue weighted by Gasteiger charge is -2.15. The molecule has 1 heterocycles. The van der Waals surface area contributed by atoms with Gasteiger partial charge in [0, 0.05) is 36.2 Å². The molecule has 0 spiro atoms. The SMILES string of the molecule is CN(C)C(=O)c1ccc(Cl)cc1NCc1cccs1. The molecule has 0 aliphatic carbocycles. The van der Waals surface area contributed by atoms with E-state index < -0.39 is 0 Å². The average Bonchev–Trinajstić information content (AvgIpc) is 2.88. The van der Waals surface area contributed by atoms with Gasteiger partial charge in [0.05, 0.1) is 5.56 Å². The number of hydrogen-bond acceptors (Lipinski definition) is 3. The van der Waals surface area contributed by atoms with Gasteiger partial charge in [0.1, 0.15) is 0 Å². The van der Waals surface area contributed by atoms with Crippen molar-refractivity contribution in [3.8, 4) is 0 Å². The van der Waals surface area contributed by atoms with Crippen LogP contribution in [0.2, 0.25) is 5.02 Å². The Balaban J connectivity index is 2.22. The highest BCUT2D eigenvalue weighted by atomic mass is 35.5. The van der Waals surface area contributed by atoms with Gasteiger partial charge < -0.3 is 10.2 Å². The summed E-state index contributed by atoms with van der Waals surface area (Å²) >= 11 is 7.68. The van der Waals surface area contributed by atoms with E-state index >= 15 is 0 Å². The Morgan fingerprint density at radius 3 is 2.79 bits per heavy atom. The molecule has 0 aliphatic rings. The summed E-state index contributed by atoms with van der Waals surface area (Å²) in [6, 6.07) is 9.32. The molecule has 0 saturated carbocycles. The van der Waals surface area contributed by atoms with Crippen molar-refractivity contribution >= 4 is 34.5 Å². The molecule has 0 fully saturated rings. The lowest BCUT2D eigenvalue weighted by Crippen LogP contribution is -2.22. The molecule has 1 aromatic heterocycles. The fourth-order valence-electron chi connectivity index (χ4n) is 1.69. The normalized spacial score (nSPS) is 10.3. The van der Waals surface area contributed by atoms with Gasteiger partial charge in [0.2, 0.25) is 0 Å². The molecule has 2 aromatic rings. The van der Waals surface area contributed by atoms with Crippen LogP contribution >= 0.6 is 22.9 Å². The number of amides is 1. The zero-order valence-corrected chi connectivity index (χ0v) is 12.4. The van der Waals surface area contributed by atoms with E-state index in [1.807, 2.05) is 11.4 Å². The van der Waals surface area contributed by atoms with E-state index in [9.17, 15) is 4.79 Å². The standard InChI is InChI=1S/C14H15ClN2OS/c1-17(2)14(18)12-6-5-10(15)8-13(12)16-9-11-4-3-7-19-11/h3-8,16H,9H2,1-2H3. The van der Waals surface area contributed by atoms with Gasteiger partial charge in [-0.25, -0.2) is 0 Å². The largest absolute Gasteiger partial charge is 0.379 e. The van der Waals surface area contributed by atoms with Crippen molar-refractivity contribution in [2.45, 2.75) is 6.54 Å². The van der Waals surface area contributed by atoms with Crippen LogP contribution in [0.25, 0.3) is 0 Å². The van der Waals surface area contributed by atoms with Gasteiger partial charge in [-0.05, 0) is 29.6 Å².